The molecule has 0 saturated carbocycles. The van der Waals surface area contributed by atoms with Gasteiger partial charge in [0.25, 0.3) is 5.91 Å². The quantitative estimate of drug-likeness (QED) is 0.598. The Balaban J connectivity index is 1.36. The van der Waals surface area contributed by atoms with Crippen LogP contribution in [0.15, 0.2) is 60.7 Å². The molecular weight excluding hydrogens is 406 g/mol. The fourth-order valence-corrected chi connectivity index (χ4v) is 3.62. The second kappa shape index (κ2) is 10.2. The van der Waals surface area contributed by atoms with Gasteiger partial charge in [0.2, 0.25) is 5.91 Å². The predicted molar refractivity (Wildman–Crippen MR) is 122 cm³/mol. The van der Waals surface area contributed by atoms with Gasteiger partial charge in [0.1, 0.15) is 5.82 Å². The van der Waals surface area contributed by atoms with Crippen molar-refractivity contribution in [2.24, 2.45) is 7.05 Å². The third-order valence-corrected chi connectivity index (χ3v) is 5.28. The topological polar surface area (TPSA) is 88.5 Å². The Morgan fingerprint density at radius 2 is 1.72 bits per heavy atom. The molecule has 1 saturated heterocycles. The van der Waals surface area contributed by atoms with Crippen LogP contribution in [0, 0.1) is 0 Å². The van der Waals surface area contributed by atoms with Crippen LogP contribution in [0.3, 0.4) is 0 Å². The first kappa shape index (κ1) is 21.7. The van der Waals surface area contributed by atoms with Crippen molar-refractivity contribution in [3.8, 4) is 0 Å². The van der Waals surface area contributed by atoms with E-state index < -0.39 is 0 Å². The van der Waals surface area contributed by atoms with E-state index >= 15 is 0 Å². The summed E-state index contributed by atoms with van der Waals surface area (Å²) in [5.41, 5.74) is 2.99. The van der Waals surface area contributed by atoms with E-state index in [1.165, 1.54) is 4.68 Å². The molecule has 4 rings (SSSR count). The Bertz CT molecular complexity index is 1070. The van der Waals surface area contributed by atoms with Crippen molar-refractivity contribution in [2.75, 3.05) is 36.9 Å². The Labute approximate surface area is 187 Å². The minimum absolute atomic E-state index is 0.165. The smallest absolute Gasteiger partial charge is 0.276 e. The summed E-state index contributed by atoms with van der Waals surface area (Å²) in [6.45, 7) is 4.13. The minimum Gasteiger partial charge on any atom is -0.379 e. The molecule has 2 amide bonds. The molecule has 0 radical (unpaired) electrons. The second-order valence-corrected chi connectivity index (χ2v) is 7.79. The molecule has 0 aliphatic carbocycles. The first-order valence-corrected chi connectivity index (χ1v) is 10.6. The van der Waals surface area contributed by atoms with Gasteiger partial charge >= 0.3 is 0 Å². The normalized spacial score (nSPS) is 14.2. The van der Waals surface area contributed by atoms with Crippen LogP contribution in [0.25, 0.3) is 0 Å². The Hall–Kier alpha value is -3.49. The maximum Gasteiger partial charge on any atom is 0.276 e. The van der Waals surface area contributed by atoms with Crippen molar-refractivity contribution in [1.82, 2.24) is 14.7 Å². The predicted octanol–water partition coefficient (Wildman–Crippen LogP) is 2.69. The minimum atomic E-state index is -0.326. The maximum atomic E-state index is 12.7. The van der Waals surface area contributed by atoms with Crippen LogP contribution in [0.1, 0.15) is 21.6 Å². The van der Waals surface area contributed by atoms with Crippen molar-refractivity contribution in [1.29, 1.82) is 0 Å². The summed E-state index contributed by atoms with van der Waals surface area (Å²) in [5.74, 6) is -0.0215. The number of morpholine rings is 1. The summed E-state index contributed by atoms with van der Waals surface area (Å²) in [6, 6.07) is 18.9. The SMILES string of the molecule is Cn1nc(C(=O)Nc2cccc(CN3CCOCC3)c2)cc1NC(=O)Cc1ccccc1. The van der Waals surface area contributed by atoms with Gasteiger partial charge in [-0.05, 0) is 23.3 Å². The summed E-state index contributed by atoms with van der Waals surface area (Å²) < 4.78 is 6.89. The van der Waals surface area contributed by atoms with Gasteiger partial charge < -0.3 is 15.4 Å². The average Bonchev–Trinajstić information content (AvgIpc) is 3.15. The molecule has 2 aromatic carbocycles. The van der Waals surface area contributed by atoms with E-state index in [-0.39, 0.29) is 23.9 Å². The van der Waals surface area contributed by atoms with Crippen LogP contribution < -0.4 is 10.6 Å². The Morgan fingerprint density at radius 1 is 0.969 bits per heavy atom. The molecule has 1 aliphatic heterocycles. The summed E-state index contributed by atoms with van der Waals surface area (Å²) in [5, 5.41) is 9.97. The molecule has 1 fully saturated rings. The van der Waals surface area contributed by atoms with Crippen LogP contribution in [-0.4, -0.2) is 52.8 Å². The zero-order chi connectivity index (χ0) is 22.3. The highest BCUT2D eigenvalue weighted by Crippen LogP contribution is 2.16. The molecule has 0 bridgehead atoms. The lowest BCUT2D eigenvalue weighted by Gasteiger charge is -2.26. The van der Waals surface area contributed by atoms with Crippen molar-refractivity contribution >= 4 is 23.3 Å². The number of hydrogen-bond donors (Lipinski definition) is 2. The molecule has 0 atom stereocenters. The van der Waals surface area contributed by atoms with Gasteiger partial charge in [-0.25, -0.2) is 0 Å². The van der Waals surface area contributed by atoms with Gasteiger partial charge in [0, 0.05) is 38.4 Å². The van der Waals surface area contributed by atoms with Gasteiger partial charge in [-0.2, -0.15) is 5.10 Å². The second-order valence-electron chi connectivity index (χ2n) is 7.79. The molecular formula is C24H27N5O3. The molecule has 2 N–H and O–H groups in total. The zero-order valence-corrected chi connectivity index (χ0v) is 18.1. The van der Waals surface area contributed by atoms with Crippen molar-refractivity contribution in [3.63, 3.8) is 0 Å². The molecule has 1 aliphatic rings. The Morgan fingerprint density at radius 3 is 2.50 bits per heavy atom. The molecule has 8 nitrogen and oxygen atoms in total. The van der Waals surface area contributed by atoms with E-state index in [1.54, 1.807) is 13.1 Å². The number of benzene rings is 2. The number of rotatable bonds is 7. The van der Waals surface area contributed by atoms with Crippen LogP contribution in [0.2, 0.25) is 0 Å². The number of hydrogen-bond acceptors (Lipinski definition) is 5. The fraction of sp³-hybridized carbons (Fsp3) is 0.292. The number of ether oxygens (including phenoxy) is 1. The third-order valence-electron chi connectivity index (χ3n) is 5.28. The number of carbonyl (C=O) groups excluding carboxylic acids is 2. The van der Waals surface area contributed by atoms with E-state index in [0.717, 1.165) is 44.0 Å². The van der Waals surface area contributed by atoms with E-state index in [0.29, 0.717) is 11.5 Å². The van der Waals surface area contributed by atoms with Crippen molar-refractivity contribution in [2.45, 2.75) is 13.0 Å². The molecule has 166 valence electrons. The lowest BCUT2D eigenvalue weighted by atomic mass is 10.1. The third kappa shape index (κ3) is 5.81. The number of amides is 2. The molecule has 8 heteroatoms. The highest BCUT2D eigenvalue weighted by molar-refractivity contribution is 6.04. The van der Waals surface area contributed by atoms with Gasteiger partial charge in [-0.15, -0.1) is 0 Å². The summed E-state index contributed by atoms with van der Waals surface area (Å²) in [7, 11) is 1.69. The lowest BCUT2D eigenvalue weighted by Crippen LogP contribution is -2.35. The first-order valence-electron chi connectivity index (χ1n) is 10.6. The van der Waals surface area contributed by atoms with Gasteiger partial charge in [-0.3, -0.25) is 19.2 Å². The fourth-order valence-electron chi connectivity index (χ4n) is 3.62. The number of nitrogens with one attached hydrogen (secondary N) is 2. The number of aryl methyl sites for hydroxylation is 1. The van der Waals surface area contributed by atoms with E-state index in [9.17, 15) is 9.59 Å². The summed E-state index contributed by atoms with van der Waals surface area (Å²) in [4.78, 5) is 27.4. The monoisotopic (exact) mass is 433 g/mol. The van der Waals surface area contributed by atoms with Gasteiger partial charge in [0.05, 0.1) is 19.6 Å². The van der Waals surface area contributed by atoms with Crippen LogP contribution in [0.5, 0.6) is 0 Å². The van der Waals surface area contributed by atoms with E-state index in [2.05, 4.69) is 20.6 Å². The molecule has 0 unspecified atom stereocenters. The lowest BCUT2D eigenvalue weighted by molar-refractivity contribution is -0.115. The molecule has 0 spiro atoms. The van der Waals surface area contributed by atoms with Crippen molar-refractivity contribution in [3.05, 3.63) is 77.5 Å². The van der Waals surface area contributed by atoms with Gasteiger partial charge in [-0.1, -0.05) is 42.5 Å². The van der Waals surface area contributed by atoms with Crippen molar-refractivity contribution < 1.29 is 14.3 Å². The summed E-state index contributed by atoms with van der Waals surface area (Å²) in [6.07, 6.45) is 0.253. The standard InChI is InChI=1S/C24H27N5O3/c1-28-22(26-23(30)15-18-6-3-2-4-7-18)16-21(27-28)24(31)25-20-9-5-8-19(14-20)17-29-10-12-32-13-11-29/h2-9,14,16H,10-13,15,17H2,1H3,(H,25,31)(H,26,30). The Kier molecular flexibility index (Phi) is 6.94. The number of nitrogens with zero attached hydrogens (tertiary/aromatic N) is 3. The molecule has 2 heterocycles. The zero-order valence-electron chi connectivity index (χ0n) is 18.1. The van der Waals surface area contributed by atoms with Crippen LogP contribution in [0.4, 0.5) is 11.5 Å². The highest BCUT2D eigenvalue weighted by atomic mass is 16.5. The largest absolute Gasteiger partial charge is 0.379 e. The molecule has 32 heavy (non-hydrogen) atoms. The average molecular weight is 434 g/mol. The first-order chi connectivity index (χ1) is 15.6. The molecule has 3 aromatic rings. The van der Waals surface area contributed by atoms with E-state index in [1.807, 2.05) is 54.6 Å². The van der Waals surface area contributed by atoms with Gasteiger partial charge in [0.15, 0.2) is 5.69 Å². The molecule has 1 aromatic heterocycles. The number of carbonyl (C=O) groups is 2. The summed E-state index contributed by atoms with van der Waals surface area (Å²) >= 11 is 0. The maximum absolute atomic E-state index is 12.7. The number of anilines is 2. The van der Waals surface area contributed by atoms with E-state index in [4.69, 9.17) is 4.74 Å². The van der Waals surface area contributed by atoms with Crippen LogP contribution in [-0.2, 0) is 29.5 Å². The number of aromatic nitrogens is 2. The highest BCUT2D eigenvalue weighted by Gasteiger charge is 2.16. The van der Waals surface area contributed by atoms with Crippen LogP contribution >= 0.6 is 0 Å².